The van der Waals surface area contributed by atoms with Crippen molar-refractivity contribution in [2.45, 2.75) is 50.1 Å². The van der Waals surface area contributed by atoms with E-state index in [-0.39, 0.29) is 25.0 Å². The van der Waals surface area contributed by atoms with Gasteiger partial charge in [0, 0.05) is 19.0 Å². The molecule has 1 aromatic rings. The summed E-state index contributed by atoms with van der Waals surface area (Å²) < 4.78 is 0. The van der Waals surface area contributed by atoms with Crippen molar-refractivity contribution >= 4 is 0 Å². The van der Waals surface area contributed by atoms with Crippen molar-refractivity contribution in [1.29, 1.82) is 0 Å². The molecule has 0 saturated carbocycles. The lowest BCUT2D eigenvalue weighted by Crippen LogP contribution is -2.29. The molecule has 1 heterocycles. The Hall–Kier alpha value is -1.20. The fraction of sp³-hybridized carbons (Fsp3) is 0.667. The standard InChI is InChI=1S/C12H21N3O6/c13-10(17)4-9(16)11(18)8-6-14-7(5-15-8)2-1-3-12(19,20)21/h5-6,9-11,16-21H,1-4,13H2. The first-order valence-electron chi connectivity index (χ1n) is 6.47. The second kappa shape index (κ2) is 7.71. The molecule has 120 valence electrons. The van der Waals surface area contributed by atoms with Gasteiger partial charge in [0.1, 0.15) is 12.3 Å². The smallest absolute Gasteiger partial charge is 0.275 e. The zero-order chi connectivity index (χ0) is 16.0. The predicted octanol–water partition coefficient (Wildman–Crippen LogP) is -2.51. The quantitative estimate of drug-likeness (QED) is 0.256. The molecule has 0 aliphatic rings. The van der Waals surface area contributed by atoms with Crippen molar-refractivity contribution in [3.05, 3.63) is 23.8 Å². The van der Waals surface area contributed by atoms with Crippen LogP contribution in [0.15, 0.2) is 12.4 Å². The number of aliphatic hydroxyl groups excluding tert-OH is 3. The molecular formula is C12H21N3O6. The van der Waals surface area contributed by atoms with E-state index in [4.69, 9.17) is 26.2 Å². The van der Waals surface area contributed by atoms with Gasteiger partial charge in [-0.15, -0.1) is 0 Å². The lowest BCUT2D eigenvalue weighted by Gasteiger charge is -2.18. The van der Waals surface area contributed by atoms with E-state index in [0.29, 0.717) is 12.1 Å². The van der Waals surface area contributed by atoms with E-state index in [1.54, 1.807) is 0 Å². The molecule has 0 saturated heterocycles. The summed E-state index contributed by atoms with van der Waals surface area (Å²) in [6.07, 6.45) is -0.957. The predicted molar refractivity (Wildman–Crippen MR) is 70.1 cm³/mol. The van der Waals surface area contributed by atoms with E-state index in [2.05, 4.69) is 9.97 Å². The number of rotatable bonds is 8. The molecule has 0 aromatic carbocycles. The molecule has 1 rings (SSSR count). The van der Waals surface area contributed by atoms with Gasteiger partial charge in [-0.25, -0.2) is 0 Å². The van der Waals surface area contributed by atoms with Gasteiger partial charge in [0.05, 0.1) is 23.7 Å². The third kappa shape index (κ3) is 6.87. The summed E-state index contributed by atoms with van der Waals surface area (Å²) in [4.78, 5) is 7.95. The summed E-state index contributed by atoms with van der Waals surface area (Å²) in [6, 6.07) is 0. The molecule has 8 N–H and O–H groups in total. The Balaban J connectivity index is 2.53. The van der Waals surface area contributed by atoms with Crippen LogP contribution in [-0.4, -0.2) is 58.9 Å². The maximum Gasteiger partial charge on any atom is 0.275 e. The summed E-state index contributed by atoms with van der Waals surface area (Å²) in [5.41, 5.74) is 5.77. The van der Waals surface area contributed by atoms with Crippen LogP contribution in [0.1, 0.15) is 36.8 Å². The zero-order valence-corrected chi connectivity index (χ0v) is 11.4. The molecule has 21 heavy (non-hydrogen) atoms. The van der Waals surface area contributed by atoms with Crippen LogP contribution in [0.25, 0.3) is 0 Å². The highest BCUT2D eigenvalue weighted by Crippen LogP contribution is 2.17. The Morgan fingerprint density at radius 1 is 1.10 bits per heavy atom. The summed E-state index contributed by atoms with van der Waals surface area (Å²) in [5, 5.41) is 54.5. The summed E-state index contributed by atoms with van der Waals surface area (Å²) in [6.45, 7) is 0. The van der Waals surface area contributed by atoms with E-state index in [1.807, 2.05) is 0 Å². The maximum atomic E-state index is 9.79. The molecule has 0 fully saturated rings. The van der Waals surface area contributed by atoms with Gasteiger partial charge in [-0.05, 0) is 12.8 Å². The molecule has 3 unspecified atom stereocenters. The lowest BCUT2D eigenvalue weighted by atomic mass is 10.1. The number of aromatic nitrogens is 2. The first-order valence-corrected chi connectivity index (χ1v) is 6.47. The maximum absolute atomic E-state index is 9.79. The minimum atomic E-state index is -2.70. The summed E-state index contributed by atoms with van der Waals surface area (Å²) in [5.74, 6) is -2.70. The molecule has 0 aliphatic carbocycles. The van der Waals surface area contributed by atoms with Crippen LogP contribution in [0.2, 0.25) is 0 Å². The van der Waals surface area contributed by atoms with Gasteiger partial charge in [0.25, 0.3) is 5.97 Å². The van der Waals surface area contributed by atoms with Crippen molar-refractivity contribution in [2.75, 3.05) is 0 Å². The molecule has 3 atom stereocenters. The van der Waals surface area contributed by atoms with Crippen LogP contribution in [0.5, 0.6) is 0 Å². The number of nitrogens with zero attached hydrogens (tertiary/aromatic N) is 2. The van der Waals surface area contributed by atoms with Crippen LogP contribution in [0, 0.1) is 0 Å². The monoisotopic (exact) mass is 303 g/mol. The van der Waals surface area contributed by atoms with Crippen molar-refractivity contribution in [3.63, 3.8) is 0 Å². The van der Waals surface area contributed by atoms with Crippen molar-refractivity contribution in [3.8, 4) is 0 Å². The summed E-state index contributed by atoms with van der Waals surface area (Å²) in [7, 11) is 0. The Morgan fingerprint density at radius 3 is 2.24 bits per heavy atom. The number of hydrogen-bond donors (Lipinski definition) is 7. The fourth-order valence-electron chi connectivity index (χ4n) is 1.73. The topological polar surface area (TPSA) is 173 Å². The average molecular weight is 303 g/mol. The highest BCUT2D eigenvalue weighted by atomic mass is 16.7. The largest absolute Gasteiger partial charge is 0.390 e. The normalized spacial score (nSPS) is 16.5. The second-order valence-electron chi connectivity index (χ2n) is 4.88. The molecule has 9 nitrogen and oxygen atoms in total. The highest BCUT2D eigenvalue weighted by molar-refractivity contribution is 5.06. The van der Waals surface area contributed by atoms with Gasteiger partial charge in [-0.2, -0.15) is 0 Å². The molecular weight excluding hydrogens is 282 g/mol. The third-order valence-electron chi connectivity index (χ3n) is 2.82. The van der Waals surface area contributed by atoms with Crippen LogP contribution >= 0.6 is 0 Å². The Bertz CT molecular complexity index is 420. The lowest BCUT2D eigenvalue weighted by molar-refractivity contribution is -0.314. The number of nitrogens with two attached hydrogens (primary N) is 1. The highest BCUT2D eigenvalue weighted by Gasteiger charge is 2.22. The van der Waals surface area contributed by atoms with Crippen molar-refractivity contribution in [1.82, 2.24) is 9.97 Å². The minimum Gasteiger partial charge on any atom is -0.390 e. The first-order chi connectivity index (χ1) is 9.69. The molecule has 9 heteroatoms. The molecule has 1 aromatic heterocycles. The van der Waals surface area contributed by atoms with Crippen molar-refractivity contribution < 1.29 is 30.6 Å². The van der Waals surface area contributed by atoms with Crippen LogP contribution < -0.4 is 5.73 Å². The van der Waals surface area contributed by atoms with E-state index in [0.717, 1.165) is 0 Å². The molecule has 0 aliphatic heterocycles. The number of aryl methyl sites for hydroxylation is 1. The van der Waals surface area contributed by atoms with Gasteiger partial charge < -0.3 is 36.4 Å². The Labute approximate surface area is 121 Å². The molecule has 0 amide bonds. The van der Waals surface area contributed by atoms with Gasteiger partial charge in [-0.1, -0.05) is 0 Å². The van der Waals surface area contributed by atoms with E-state index in [1.165, 1.54) is 12.4 Å². The van der Waals surface area contributed by atoms with E-state index < -0.39 is 24.4 Å². The van der Waals surface area contributed by atoms with Crippen LogP contribution in [-0.2, 0) is 6.42 Å². The van der Waals surface area contributed by atoms with Crippen LogP contribution in [0.3, 0.4) is 0 Å². The van der Waals surface area contributed by atoms with Crippen LogP contribution in [0.4, 0.5) is 0 Å². The first kappa shape index (κ1) is 17.9. The Morgan fingerprint density at radius 2 is 1.76 bits per heavy atom. The van der Waals surface area contributed by atoms with Gasteiger partial charge in [0.2, 0.25) is 0 Å². The molecule has 0 spiro atoms. The average Bonchev–Trinajstić information content (AvgIpc) is 2.36. The fourth-order valence-corrected chi connectivity index (χ4v) is 1.73. The van der Waals surface area contributed by atoms with Gasteiger partial charge >= 0.3 is 0 Å². The SMILES string of the molecule is NC(O)CC(O)C(O)c1cnc(CCCC(O)(O)O)cn1. The van der Waals surface area contributed by atoms with Gasteiger partial charge in [0.15, 0.2) is 0 Å². The number of hydrogen-bond acceptors (Lipinski definition) is 9. The van der Waals surface area contributed by atoms with Crippen molar-refractivity contribution in [2.24, 2.45) is 5.73 Å². The van der Waals surface area contributed by atoms with E-state index in [9.17, 15) is 10.2 Å². The van der Waals surface area contributed by atoms with E-state index >= 15 is 0 Å². The Kier molecular flexibility index (Phi) is 6.55. The second-order valence-corrected chi connectivity index (χ2v) is 4.88. The zero-order valence-electron chi connectivity index (χ0n) is 11.4. The van der Waals surface area contributed by atoms with Gasteiger partial charge in [-0.3, -0.25) is 9.97 Å². The number of aliphatic hydroxyl groups is 6. The summed E-state index contributed by atoms with van der Waals surface area (Å²) >= 11 is 0. The molecule has 0 radical (unpaired) electrons. The third-order valence-corrected chi connectivity index (χ3v) is 2.82. The minimum absolute atomic E-state index is 0.132. The molecule has 0 bridgehead atoms.